The van der Waals surface area contributed by atoms with Crippen molar-refractivity contribution in [1.82, 2.24) is 14.8 Å². The minimum Gasteiger partial charge on any atom is -0.325 e. The molecule has 7 heteroatoms. The summed E-state index contributed by atoms with van der Waals surface area (Å²) in [5.74, 6) is 0.462. The molecule has 4 rings (SSSR count). The summed E-state index contributed by atoms with van der Waals surface area (Å²) >= 11 is 1.29. The average molecular weight is 433 g/mol. The maximum Gasteiger partial charge on any atom is 0.234 e. The normalized spacial score (nSPS) is 10.8. The Bertz CT molecular complexity index is 1180. The second-order valence-corrected chi connectivity index (χ2v) is 7.97. The van der Waals surface area contributed by atoms with Gasteiger partial charge in [0.2, 0.25) is 5.91 Å². The van der Waals surface area contributed by atoms with Crippen LogP contribution in [0.1, 0.15) is 17.0 Å². The Kier molecular flexibility index (Phi) is 6.43. The molecule has 0 atom stereocenters. The van der Waals surface area contributed by atoms with E-state index in [0.29, 0.717) is 11.6 Å². The SMILES string of the molecule is Cc1ccccc1NC(=O)CSc1nnc(Cc2ccccc2)n1-c1ccc(F)cc1. The minimum atomic E-state index is -0.312. The van der Waals surface area contributed by atoms with E-state index in [4.69, 9.17) is 0 Å². The van der Waals surface area contributed by atoms with Crippen LogP contribution in [-0.2, 0) is 11.2 Å². The second-order valence-electron chi connectivity index (χ2n) is 7.02. The van der Waals surface area contributed by atoms with Gasteiger partial charge in [-0.05, 0) is 48.4 Å². The number of anilines is 1. The summed E-state index contributed by atoms with van der Waals surface area (Å²) in [5.41, 5.74) is 3.63. The van der Waals surface area contributed by atoms with Crippen molar-refractivity contribution in [2.24, 2.45) is 0 Å². The highest BCUT2D eigenvalue weighted by Crippen LogP contribution is 2.24. The average Bonchev–Trinajstić information content (AvgIpc) is 3.17. The molecule has 0 aliphatic heterocycles. The number of amides is 1. The van der Waals surface area contributed by atoms with E-state index >= 15 is 0 Å². The highest BCUT2D eigenvalue weighted by Gasteiger charge is 2.17. The molecule has 0 aliphatic carbocycles. The van der Waals surface area contributed by atoms with E-state index in [-0.39, 0.29) is 17.5 Å². The predicted octanol–water partition coefficient (Wildman–Crippen LogP) is 5.04. The standard InChI is InChI=1S/C24H21FN4OS/c1-17-7-5-6-10-21(17)26-23(30)16-31-24-28-27-22(15-18-8-3-2-4-9-18)29(24)20-13-11-19(25)12-14-20/h2-14H,15-16H2,1H3,(H,26,30). The molecule has 0 radical (unpaired) electrons. The first kappa shape index (κ1) is 20.8. The third-order valence-electron chi connectivity index (χ3n) is 4.74. The number of aromatic nitrogens is 3. The van der Waals surface area contributed by atoms with E-state index in [2.05, 4.69) is 15.5 Å². The van der Waals surface area contributed by atoms with Gasteiger partial charge in [-0.2, -0.15) is 0 Å². The molecular formula is C24H21FN4OS. The number of benzene rings is 3. The summed E-state index contributed by atoms with van der Waals surface area (Å²) in [6.07, 6.45) is 0.571. The van der Waals surface area contributed by atoms with E-state index in [1.165, 1.54) is 23.9 Å². The first-order valence-corrected chi connectivity index (χ1v) is 10.8. The van der Waals surface area contributed by atoms with Crippen LogP contribution in [-0.4, -0.2) is 26.4 Å². The topological polar surface area (TPSA) is 59.8 Å². The number of nitrogens with one attached hydrogen (secondary N) is 1. The number of para-hydroxylation sites is 1. The Morgan fingerprint density at radius 3 is 2.42 bits per heavy atom. The largest absolute Gasteiger partial charge is 0.325 e. The molecule has 3 aromatic carbocycles. The number of nitrogens with zero attached hydrogens (tertiary/aromatic N) is 3. The number of hydrogen-bond acceptors (Lipinski definition) is 4. The number of carbonyl (C=O) groups excluding carboxylic acids is 1. The van der Waals surface area contributed by atoms with Crippen LogP contribution in [0.4, 0.5) is 10.1 Å². The van der Waals surface area contributed by atoms with E-state index < -0.39 is 0 Å². The van der Waals surface area contributed by atoms with Crippen LogP contribution >= 0.6 is 11.8 Å². The summed E-state index contributed by atoms with van der Waals surface area (Å²) in [6, 6.07) is 23.8. The van der Waals surface area contributed by atoms with Crippen molar-refractivity contribution in [2.75, 3.05) is 11.1 Å². The van der Waals surface area contributed by atoms with Crippen LogP contribution in [0, 0.1) is 12.7 Å². The summed E-state index contributed by atoms with van der Waals surface area (Å²) in [5, 5.41) is 12.2. The fourth-order valence-electron chi connectivity index (χ4n) is 3.17. The summed E-state index contributed by atoms with van der Waals surface area (Å²) < 4.78 is 15.3. The molecule has 1 aromatic heterocycles. The summed E-state index contributed by atoms with van der Waals surface area (Å²) in [6.45, 7) is 1.95. The molecule has 0 saturated heterocycles. The van der Waals surface area contributed by atoms with E-state index in [1.54, 1.807) is 12.1 Å². The first-order valence-electron chi connectivity index (χ1n) is 9.82. The maximum absolute atomic E-state index is 13.5. The molecule has 0 spiro atoms. The van der Waals surface area contributed by atoms with Gasteiger partial charge in [0, 0.05) is 17.8 Å². The second kappa shape index (κ2) is 9.57. The molecule has 0 unspecified atom stereocenters. The zero-order valence-corrected chi connectivity index (χ0v) is 17.8. The maximum atomic E-state index is 13.5. The molecule has 0 bridgehead atoms. The van der Waals surface area contributed by atoms with E-state index in [1.807, 2.05) is 66.1 Å². The monoisotopic (exact) mass is 432 g/mol. The molecule has 5 nitrogen and oxygen atoms in total. The van der Waals surface area contributed by atoms with Gasteiger partial charge < -0.3 is 5.32 Å². The van der Waals surface area contributed by atoms with Crippen molar-refractivity contribution >= 4 is 23.4 Å². The van der Waals surface area contributed by atoms with E-state index in [9.17, 15) is 9.18 Å². The Morgan fingerprint density at radius 1 is 0.968 bits per heavy atom. The van der Waals surface area contributed by atoms with Crippen LogP contribution < -0.4 is 5.32 Å². The van der Waals surface area contributed by atoms with Crippen LogP contribution in [0.2, 0.25) is 0 Å². The smallest absolute Gasteiger partial charge is 0.234 e. The number of rotatable bonds is 7. The summed E-state index contributed by atoms with van der Waals surface area (Å²) in [7, 11) is 0. The van der Waals surface area contributed by atoms with Gasteiger partial charge in [0.25, 0.3) is 0 Å². The first-order chi connectivity index (χ1) is 15.1. The van der Waals surface area contributed by atoms with Gasteiger partial charge in [0.1, 0.15) is 11.6 Å². The van der Waals surface area contributed by atoms with Gasteiger partial charge in [0.15, 0.2) is 5.16 Å². The third-order valence-corrected chi connectivity index (χ3v) is 5.67. The number of hydrogen-bond donors (Lipinski definition) is 1. The molecule has 0 saturated carbocycles. The molecule has 31 heavy (non-hydrogen) atoms. The Labute approximate surface area is 184 Å². The predicted molar refractivity (Wildman–Crippen MR) is 121 cm³/mol. The summed E-state index contributed by atoms with van der Waals surface area (Å²) in [4.78, 5) is 12.5. The highest BCUT2D eigenvalue weighted by molar-refractivity contribution is 7.99. The van der Waals surface area contributed by atoms with Crippen molar-refractivity contribution in [3.8, 4) is 5.69 Å². The van der Waals surface area contributed by atoms with Gasteiger partial charge in [-0.15, -0.1) is 10.2 Å². The van der Waals surface area contributed by atoms with Gasteiger partial charge in [-0.3, -0.25) is 9.36 Å². The number of halogens is 1. The Hall–Kier alpha value is -3.45. The molecule has 1 amide bonds. The van der Waals surface area contributed by atoms with Gasteiger partial charge in [-0.25, -0.2) is 4.39 Å². The zero-order chi connectivity index (χ0) is 21.6. The molecular weight excluding hydrogens is 411 g/mol. The zero-order valence-electron chi connectivity index (χ0n) is 17.0. The fraction of sp³-hybridized carbons (Fsp3) is 0.125. The van der Waals surface area contributed by atoms with Crippen molar-refractivity contribution < 1.29 is 9.18 Å². The van der Waals surface area contributed by atoms with E-state index in [0.717, 1.165) is 28.3 Å². The third kappa shape index (κ3) is 5.19. The number of thioether (sulfide) groups is 1. The number of aryl methyl sites for hydroxylation is 1. The lowest BCUT2D eigenvalue weighted by Gasteiger charge is -2.11. The van der Waals surface area contributed by atoms with Crippen LogP contribution in [0.5, 0.6) is 0 Å². The number of carbonyl (C=O) groups is 1. The molecule has 156 valence electrons. The Balaban J connectivity index is 1.56. The van der Waals surface area contributed by atoms with Gasteiger partial charge in [-0.1, -0.05) is 60.3 Å². The highest BCUT2D eigenvalue weighted by atomic mass is 32.2. The molecule has 1 heterocycles. The molecule has 0 fully saturated rings. The van der Waals surface area contributed by atoms with Crippen molar-refractivity contribution in [3.05, 3.63) is 102 Å². The quantitative estimate of drug-likeness (QED) is 0.416. The van der Waals surface area contributed by atoms with Crippen molar-refractivity contribution in [3.63, 3.8) is 0 Å². The van der Waals surface area contributed by atoms with Gasteiger partial charge >= 0.3 is 0 Å². The molecule has 0 aliphatic rings. The Morgan fingerprint density at radius 2 is 1.68 bits per heavy atom. The van der Waals surface area contributed by atoms with Crippen molar-refractivity contribution in [2.45, 2.75) is 18.5 Å². The lowest BCUT2D eigenvalue weighted by atomic mass is 10.1. The molecule has 4 aromatic rings. The fourth-order valence-corrected chi connectivity index (χ4v) is 3.94. The minimum absolute atomic E-state index is 0.127. The lowest BCUT2D eigenvalue weighted by molar-refractivity contribution is -0.113. The lowest BCUT2D eigenvalue weighted by Crippen LogP contribution is -2.15. The van der Waals surface area contributed by atoms with Crippen molar-refractivity contribution in [1.29, 1.82) is 0 Å². The van der Waals surface area contributed by atoms with Gasteiger partial charge in [0.05, 0.1) is 5.75 Å². The van der Waals surface area contributed by atoms with Crippen LogP contribution in [0.25, 0.3) is 5.69 Å². The van der Waals surface area contributed by atoms with Crippen LogP contribution in [0.3, 0.4) is 0 Å². The molecule has 1 N–H and O–H groups in total. The van der Waals surface area contributed by atoms with Crippen LogP contribution in [0.15, 0.2) is 84.0 Å².